The van der Waals surface area contributed by atoms with E-state index in [9.17, 15) is 84.0 Å². The molecule has 0 aromatic carbocycles. The van der Waals surface area contributed by atoms with Gasteiger partial charge in [0.2, 0.25) is 86.8 Å². The molecule has 0 bridgehead atoms. The van der Waals surface area contributed by atoms with E-state index in [0.29, 0.717) is 167 Å². The number of sulfone groups is 1. The first-order valence-corrected chi connectivity index (χ1v) is 53.2. The van der Waals surface area contributed by atoms with Gasteiger partial charge < -0.3 is 85.2 Å². The molecule has 0 aromatic heterocycles. The number of alkyl carbamates (subject to hydrolysis) is 1. The normalized spacial score (nSPS) is 18.0. The second kappa shape index (κ2) is 52.8. The largest absolute Gasteiger partial charge is 0.453 e. The summed E-state index contributed by atoms with van der Waals surface area (Å²) >= 11 is 0. The summed E-state index contributed by atoms with van der Waals surface area (Å²) in [5.41, 5.74) is 1.43. The van der Waals surface area contributed by atoms with Crippen molar-refractivity contribution in [3.05, 3.63) is 12.3 Å². The first-order chi connectivity index (χ1) is 62.7. The number of nitrogens with zero attached hydrogens (tertiary/aromatic N) is 11. The lowest BCUT2D eigenvalue weighted by atomic mass is 9.89. The molecular weight excluding hydrogens is 1820 g/mol. The Morgan fingerprint density at radius 3 is 0.755 bits per heavy atom. The Morgan fingerprint density at radius 1 is 0.324 bits per heavy atom. The molecule has 9 saturated heterocycles. The van der Waals surface area contributed by atoms with E-state index in [0.717, 1.165) is 51.0 Å². The summed E-state index contributed by atoms with van der Waals surface area (Å²) in [7, 11) is 2.94. The molecule has 0 spiro atoms. The third-order valence-electron chi connectivity index (χ3n) is 23.3. The lowest BCUT2D eigenvalue weighted by Gasteiger charge is -2.44. The second-order valence-corrected chi connectivity index (χ2v) is 54.9. The number of amides is 14. The molecule has 14 amide bonds. The second-order valence-electron chi connectivity index (χ2n) is 50.8. The summed E-state index contributed by atoms with van der Waals surface area (Å²) in [6, 6.07) is 1.16. The maximum atomic E-state index is 11.9. The van der Waals surface area contributed by atoms with E-state index in [1.165, 1.54) is 27.2 Å². The Hall–Kier alpha value is -8.26. The molecule has 802 valence electrons. The zero-order valence-electron chi connectivity index (χ0n) is 92.5. The molecule has 9 aliphatic heterocycles. The van der Waals surface area contributed by atoms with Crippen molar-refractivity contribution >= 4 is 103 Å². The van der Waals surface area contributed by atoms with Gasteiger partial charge in [-0.15, -0.1) is 0 Å². The smallest absolute Gasteiger partial charge is 0.407 e. The van der Waals surface area contributed by atoms with Gasteiger partial charge in [0, 0.05) is 247 Å². The standard InChI is InChI=1S/C13H22N2O2.C13H24N2O.C12H22N2O2.C11H20N2O3.2C11H20N2O2.C10H20N2O3S.C10H20N2O.C10H19NO3S/c1-13(2,3)6-11(16)15-7-10(8-15)14-12(17)9-4-5-9;1-10(14(5)6)11-8-15(9-11)12(16)7-13(2,3)4;1-9(15)13(5)10-7-14(8-10)11(16)6-12(2,3)4;1-11(2,3)5-9(14)13-6-8(7-13)12-10(15)16-4;2*1-8(14)12-9-6-13(7-9)10(15)5-11(2,3)4;1-10(2,3)5-9(13)12-6-8(7-12)11-16(4,14)15;1-10(2,3)5-9(13)12-6-8(7-12)11-4;1-10(2,3)5-9(12)11-6-8(7-11)15(4,13)14/h9-10H,4-8H2,1-3H3,(H,14,17);11H,1,7-9H2,2-6H3;10H,6-8H2,1-5H3;8H,5-7H2,1-4H3,(H,12,15);2*9H,5-7H2,1-4H3,(H,12,14);8,11H,5-7H2,1-4H3;8,11H,5-7H2,1-4H3;8H,5-7H2,1-4H3. The van der Waals surface area contributed by atoms with Crippen LogP contribution in [-0.4, -0.2) is 367 Å². The number of nitrogens with one attached hydrogen (secondary N) is 6. The Labute approximate surface area is 836 Å². The lowest BCUT2D eigenvalue weighted by molar-refractivity contribution is -0.145. The van der Waals surface area contributed by atoms with Crippen molar-refractivity contribution in [2.75, 3.05) is 166 Å². The minimum Gasteiger partial charge on any atom is -0.453 e. The van der Waals surface area contributed by atoms with Crippen LogP contribution in [-0.2, 0) is 86.9 Å². The van der Waals surface area contributed by atoms with Gasteiger partial charge in [0.15, 0.2) is 9.84 Å². The molecule has 10 aliphatic rings. The number of likely N-dealkylation sites (tertiary alicyclic amines) is 9. The van der Waals surface area contributed by atoms with Crippen molar-refractivity contribution in [1.82, 2.24) is 85.2 Å². The van der Waals surface area contributed by atoms with E-state index in [1.807, 2.05) is 108 Å². The number of sulfonamides is 1. The molecule has 10 rings (SSSR count). The SMILES string of the molecule is C=C(C1CN(C(=O)CC(C)(C)C)C1)N(C)C.CC(=O)N(C)C1CN(C(=O)CC(C)(C)C)C1.CC(=O)NC1CN(C(=O)CC(C)(C)C)C1.CC(=O)NC1CN(C(=O)CC(C)(C)C)C1.CC(C)(C)CC(=O)N1CC(NC(=O)C2CC2)C1.CC(C)(C)CC(=O)N1CC(NS(C)(=O)=O)C1.CC(C)(C)CC(=O)N1CC(S(C)(=O)=O)C1.CNC1CN(C(=O)CC(C)(C)C)C1.COC(=O)NC1CN(C(=O)CC(C)(C)C)C1. The quantitative estimate of drug-likeness (QED) is 0.0627. The molecule has 139 heavy (non-hydrogen) atoms. The van der Waals surface area contributed by atoms with E-state index >= 15 is 0 Å². The van der Waals surface area contributed by atoms with Gasteiger partial charge in [0.25, 0.3) is 0 Å². The monoisotopic (exact) mass is 2010 g/mol. The van der Waals surface area contributed by atoms with E-state index < -0.39 is 26.0 Å². The zero-order valence-corrected chi connectivity index (χ0v) is 94.1. The van der Waals surface area contributed by atoms with Gasteiger partial charge in [0.1, 0.15) is 0 Å². The predicted molar refractivity (Wildman–Crippen MR) is 547 cm³/mol. The van der Waals surface area contributed by atoms with Crippen LogP contribution < -0.4 is 31.3 Å². The highest BCUT2D eigenvalue weighted by atomic mass is 32.2. The highest BCUT2D eigenvalue weighted by Gasteiger charge is 2.44. The van der Waals surface area contributed by atoms with E-state index in [-0.39, 0.29) is 167 Å². The number of carbonyl (C=O) groups is 14. The number of hydrogen-bond acceptors (Lipinski definition) is 21. The highest BCUT2D eigenvalue weighted by Crippen LogP contribution is 2.34. The molecule has 0 radical (unpaired) electrons. The van der Waals surface area contributed by atoms with Crippen LogP contribution in [0.4, 0.5) is 4.79 Å². The average Bonchev–Trinajstić information content (AvgIpc) is 1.75. The summed E-state index contributed by atoms with van der Waals surface area (Å²) in [4.78, 5) is 180. The van der Waals surface area contributed by atoms with Crippen molar-refractivity contribution in [2.45, 2.75) is 326 Å². The Balaban J connectivity index is 0.000000529. The van der Waals surface area contributed by atoms with Gasteiger partial charge in [-0.05, 0) is 68.6 Å². The van der Waals surface area contributed by atoms with E-state index in [1.54, 1.807) is 43.4 Å². The predicted octanol–water partition coefficient (Wildman–Crippen LogP) is 8.47. The van der Waals surface area contributed by atoms with Crippen LogP contribution in [0.25, 0.3) is 0 Å². The molecule has 10 fully saturated rings. The molecule has 0 unspecified atom stereocenters. The van der Waals surface area contributed by atoms with E-state index in [4.69, 9.17) is 0 Å². The van der Waals surface area contributed by atoms with E-state index in [2.05, 4.69) is 167 Å². The lowest BCUT2D eigenvalue weighted by Crippen LogP contribution is -2.61. The average molecular weight is 2010 g/mol. The molecule has 36 nitrogen and oxygen atoms in total. The molecule has 0 atom stereocenters. The van der Waals surface area contributed by atoms with Gasteiger partial charge in [-0.25, -0.2) is 26.4 Å². The summed E-state index contributed by atoms with van der Waals surface area (Å²) in [5, 5.41) is 14.0. The number of carbonyl (C=O) groups excluding carboxylic acids is 14. The molecule has 9 heterocycles. The maximum Gasteiger partial charge on any atom is 0.407 e. The number of hydrogen-bond donors (Lipinski definition) is 6. The van der Waals surface area contributed by atoms with Crippen molar-refractivity contribution < 1.29 is 88.7 Å². The van der Waals surface area contributed by atoms with Gasteiger partial charge >= 0.3 is 6.09 Å². The topological polar surface area (TPSA) is 424 Å². The van der Waals surface area contributed by atoms with Crippen LogP contribution in [0.2, 0.25) is 0 Å². The van der Waals surface area contributed by atoms with Crippen molar-refractivity contribution in [2.24, 2.45) is 60.6 Å². The minimum atomic E-state index is -3.16. The van der Waals surface area contributed by atoms with Gasteiger partial charge in [0.05, 0.1) is 54.9 Å². The summed E-state index contributed by atoms with van der Waals surface area (Å²) in [5.74, 6) is 2.54. The third-order valence-corrected chi connectivity index (χ3v) is 25.6. The molecule has 1 aliphatic carbocycles. The number of likely N-dealkylation sites (N-methyl/N-ethyl adjacent to an activating group) is 2. The molecule has 38 heteroatoms. The Kier molecular flexibility index (Phi) is 48.2. The van der Waals surface area contributed by atoms with Crippen LogP contribution in [0, 0.1) is 60.6 Å². The fourth-order valence-corrected chi connectivity index (χ4v) is 16.6. The first-order valence-electron chi connectivity index (χ1n) is 49.3. The number of methoxy groups -OCH3 is 1. The van der Waals surface area contributed by atoms with Crippen LogP contribution in [0.15, 0.2) is 12.3 Å². The van der Waals surface area contributed by atoms with Gasteiger partial charge in [-0.1, -0.05) is 194 Å². The maximum absolute atomic E-state index is 11.9. The van der Waals surface area contributed by atoms with Gasteiger partial charge in [-0.3, -0.25) is 62.3 Å². The van der Waals surface area contributed by atoms with Crippen molar-refractivity contribution in [3.8, 4) is 0 Å². The number of ether oxygens (including phenoxy) is 1. The minimum absolute atomic E-state index is 0.0119. The van der Waals surface area contributed by atoms with Crippen LogP contribution in [0.3, 0.4) is 0 Å². The van der Waals surface area contributed by atoms with Crippen LogP contribution in [0.1, 0.15) is 278 Å². The molecule has 6 N–H and O–H groups in total. The molecule has 0 aromatic rings. The highest BCUT2D eigenvalue weighted by molar-refractivity contribution is 7.91. The zero-order chi connectivity index (χ0) is 108. The summed E-state index contributed by atoms with van der Waals surface area (Å²) in [6.45, 7) is 75.7. The Bertz CT molecular complexity index is 4270. The summed E-state index contributed by atoms with van der Waals surface area (Å²) in [6.07, 6.45) is 9.08. The first kappa shape index (κ1) is 127. The number of rotatable bonds is 21. The fraction of sp³-hybridized carbons (Fsp3) is 0.842. The van der Waals surface area contributed by atoms with Crippen LogP contribution in [0.5, 0.6) is 0 Å². The Morgan fingerprint density at radius 2 is 0.547 bits per heavy atom. The third kappa shape index (κ3) is 53.6. The summed E-state index contributed by atoms with van der Waals surface area (Å²) < 4.78 is 51.1. The molecular formula is C101H187N17O19S2. The van der Waals surface area contributed by atoms with Crippen molar-refractivity contribution in [3.63, 3.8) is 0 Å². The van der Waals surface area contributed by atoms with Crippen LogP contribution >= 0.6 is 0 Å². The fourth-order valence-electron chi connectivity index (χ4n) is 14.9. The van der Waals surface area contributed by atoms with Gasteiger partial charge in [-0.2, -0.15) is 0 Å². The van der Waals surface area contributed by atoms with Crippen molar-refractivity contribution in [1.29, 1.82) is 0 Å². The molecule has 1 saturated carbocycles.